The summed E-state index contributed by atoms with van der Waals surface area (Å²) in [6.07, 6.45) is 2.32. The monoisotopic (exact) mass is 238 g/mol. The van der Waals surface area contributed by atoms with Gasteiger partial charge in [0.25, 0.3) is 0 Å². The van der Waals surface area contributed by atoms with Gasteiger partial charge in [0.2, 0.25) is 5.91 Å². The molecule has 0 bridgehead atoms. The summed E-state index contributed by atoms with van der Waals surface area (Å²) in [7, 11) is 0. The van der Waals surface area contributed by atoms with Crippen LogP contribution in [-0.2, 0) is 4.79 Å². The lowest BCUT2D eigenvalue weighted by molar-refractivity contribution is -0.121. The largest absolute Gasteiger partial charge is 0.329 e. The van der Waals surface area contributed by atoms with Crippen LogP contribution in [0.3, 0.4) is 0 Å². The molecule has 1 aliphatic heterocycles. The molecule has 1 aromatic heterocycles. The molecule has 0 radical (unpaired) electrons. The van der Waals surface area contributed by atoms with Gasteiger partial charge < -0.3 is 5.32 Å². The molecule has 0 aliphatic carbocycles. The summed E-state index contributed by atoms with van der Waals surface area (Å²) in [5.74, 6) is 0.990. The number of nitrogens with zero attached hydrogens (tertiary/aromatic N) is 3. The number of carbonyl (C=O) groups is 1. The molecule has 1 amide bonds. The van der Waals surface area contributed by atoms with E-state index in [0.29, 0.717) is 24.5 Å². The van der Waals surface area contributed by atoms with Gasteiger partial charge in [0, 0.05) is 24.1 Å². The molecule has 0 spiro atoms. The van der Waals surface area contributed by atoms with Crippen molar-refractivity contribution in [3.63, 3.8) is 0 Å². The number of amides is 1. The van der Waals surface area contributed by atoms with E-state index in [4.69, 9.17) is 11.6 Å². The van der Waals surface area contributed by atoms with Gasteiger partial charge in [-0.25, -0.2) is 4.98 Å². The fraction of sp³-hybridized carbons (Fsp3) is 0.400. The molecule has 16 heavy (non-hydrogen) atoms. The first-order valence-electron chi connectivity index (χ1n) is 5.02. The molecular weight excluding hydrogens is 228 g/mol. The van der Waals surface area contributed by atoms with Crippen molar-refractivity contribution in [1.29, 1.82) is 0 Å². The Morgan fingerprint density at radius 2 is 2.44 bits per heavy atom. The number of aromatic nitrogens is 1. The normalized spacial score (nSPS) is 17.2. The lowest BCUT2D eigenvalue weighted by atomic mass is 10.2. The van der Waals surface area contributed by atoms with Gasteiger partial charge in [0.05, 0.1) is 0 Å². The van der Waals surface area contributed by atoms with Crippen LogP contribution in [0, 0.1) is 0 Å². The number of carbonyl (C=O) groups excluding carboxylic acids is 1. The van der Waals surface area contributed by atoms with E-state index in [1.165, 1.54) is 0 Å². The lowest BCUT2D eigenvalue weighted by Crippen LogP contribution is -2.26. The molecule has 6 heteroatoms. The zero-order chi connectivity index (χ0) is 11.4. The van der Waals surface area contributed by atoms with Crippen molar-refractivity contribution in [2.45, 2.75) is 19.0 Å². The van der Waals surface area contributed by atoms with Crippen molar-refractivity contribution >= 4 is 23.3 Å². The van der Waals surface area contributed by atoms with Gasteiger partial charge in [-0.1, -0.05) is 0 Å². The fourth-order valence-corrected chi connectivity index (χ4v) is 1.57. The number of pyridine rings is 1. The van der Waals surface area contributed by atoms with E-state index in [1.54, 1.807) is 12.3 Å². The molecule has 1 N–H and O–H groups in total. The van der Waals surface area contributed by atoms with E-state index in [2.05, 4.69) is 20.5 Å². The number of hydrogen-bond acceptors (Lipinski definition) is 4. The Morgan fingerprint density at radius 3 is 3.25 bits per heavy atom. The Morgan fingerprint density at radius 1 is 1.56 bits per heavy atom. The summed E-state index contributed by atoms with van der Waals surface area (Å²) in [6.45, 7) is 0. The number of halogens is 1. The number of nitrogens with one attached hydrogen (secondary N) is 1. The highest BCUT2D eigenvalue weighted by Crippen LogP contribution is 2.31. The molecule has 5 nitrogen and oxygen atoms in total. The molecule has 0 aromatic carbocycles. The van der Waals surface area contributed by atoms with E-state index >= 15 is 0 Å². The van der Waals surface area contributed by atoms with Crippen LogP contribution >= 0.6 is 11.6 Å². The third-order valence-electron chi connectivity index (χ3n) is 2.21. The maximum atomic E-state index is 11.5. The van der Waals surface area contributed by atoms with Crippen LogP contribution in [0.2, 0.25) is 0 Å². The minimum absolute atomic E-state index is 0.0682. The number of alkyl halides is 1. The average molecular weight is 239 g/mol. The molecule has 2 heterocycles. The number of fused-ring (bicyclic) bond motifs is 1. The van der Waals surface area contributed by atoms with Crippen molar-refractivity contribution in [3.8, 4) is 0 Å². The van der Waals surface area contributed by atoms with Crippen LogP contribution in [0.4, 0.5) is 5.82 Å². The summed E-state index contributed by atoms with van der Waals surface area (Å²) < 4.78 is 0. The molecule has 2 rings (SSSR count). The van der Waals surface area contributed by atoms with Gasteiger partial charge in [-0.15, -0.1) is 16.7 Å². The minimum Gasteiger partial charge on any atom is -0.329 e. The first kappa shape index (κ1) is 11.0. The van der Waals surface area contributed by atoms with Crippen LogP contribution in [0.25, 0.3) is 0 Å². The van der Waals surface area contributed by atoms with Crippen LogP contribution in [0.5, 0.6) is 0 Å². The van der Waals surface area contributed by atoms with Gasteiger partial charge in [0.1, 0.15) is 0 Å². The van der Waals surface area contributed by atoms with Crippen molar-refractivity contribution < 1.29 is 4.79 Å². The zero-order valence-corrected chi connectivity index (χ0v) is 9.31. The zero-order valence-electron chi connectivity index (χ0n) is 8.56. The summed E-state index contributed by atoms with van der Waals surface area (Å²) in [5.41, 5.74) is 0.835. The Hall–Kier alpha value is -1.49. The molecular formula is C10H11ClN4O. The maximum absolute atomic E-state index is 11.5. The topological polar surface area (TPSA) is 66.7 Å². The second-order valence-electron chi connectivity index (χ2n) is 3.39. The van der Waals surface area contributed by atoms with Crippen LogP contribution in [0.1, 0.15) is 24.6 Å². The highest BCUT2D eigenvalue weighted by molar-refractivity contribution is 6.17. The van der Waals surface area contributed by atoms with E-state index < -0.39 is 6.17 Å². The molecule has 1 aromatic rings. The first-order chi connectivity index (χ1) is 7.81. The molecule has 1 atom stereocenters. The van der Waals surface area contributed by atoms with Crippen molar-refractivity contribution in [3.05, 3.63) is 23.9 Å². The number of rotatable bonds is 4. The number of azo groups is 1. The van der Waals surface area contributed by atoms with Gasteiger partial charge in [0.15, 0.2) is 12.0 Å². The van der Waals surface area contributed by atoms with Crippen molar-refractivity contribution in [2.24, 2.45) is 10.2 Å². The standard InChI is InChI=1S/C10H11ClN4O/c11-5-1-4-8(16)13-10-7-3-2-6-12-9(7)14-15-10/h2-3,6,10H,1,4-5H2,(H,13,16)/t10-/m0/s1. The molecule has 0 saturated carbocycles. The summed E-state index contributed by atoms with van der Waals surface area (Å²) in [5, 5.41) is 10.6. The average Bonchev–Trinajstić information content (AvgIpc) is 2.70. The summed E-state index contributed by atoms with van der Waals surface area (Å²) in [6, 6.07) is 3.65. The lowest BCUT2D eigenvalue weighted by Gasteiger charge is -2.09. The second-order valence-corrected chi connectivity index (χ2v) is 3.77. The van der Waals surface area contributed by atoms with Gasteiger partial charge in [-0.05, 0) is 18.6 Å². The van der Waals surface area contributed by atoms with E-state index in [0.717, 1.165) is 5.56 Å². The Bertz CT molecular complexity index is 421. The quantitative estimate of drug-likeness (QED) is 0.818. The second kappa shape index (κ2) is 5.03. The molecule has 0 saturated heterocycles. The van der Waals surface area contributed by atoms with E-state index in [9.17, 15) is 4.79 Å². The summed E-state index contributed by atoms with van der Waals surface area (Å²) in [4.78, 5) is 15.5. The van der Waals surface area contributed by atoms with Gasteiger partial charge >= 0.3 is 0 Å². The maximum Gasteiger partial charge on any atom is 0.221 e. The molecule has 0 fully saturated rings. The third-order valence-corrected chi connectivity index (χ3v) is 2.48. The van der Waals surface area contributed by atoms with Crippen LogP contribution in [-0.4, -0.2) is 16.8 Å². The molecule has 1 aliphatic rings. The van der Waals surface area contributed by atoms with Gasteiger partial charge in [-0.2, -0.15) is 5.11 Å². The highest BCUT2D eigenvalue weighted by Gasteiger charge is 2.22. The number of hydrogen-bond donors (Lipinski definition) is 1. The SMILES string of the molecule is O=C(CCCCl)N[C@H]1N=Nc2ncccc21. The Balaban J connectivity index is 1.98. The smallest absolute Gasteiger partial charge is 0.221 e. The van der Waals surface area contributed by atoms with Crippen LogP contribution in [0.15, 0.2) is 28.6 Å². The van der Waals surface area contributed by atoms with Crippen molar-refractivity contribution in [2.75, 3.05) is 5.88 Å². The molecule has 84 valence electrons. The highest BCUT2D eigenvalue weighted by atomic mass is 35.5. The summed E-state index contributed by atoms with van der Waals surface area (Å²) >= 11 is 5.51. The molecule has 0 unspecified atom stereocenters. The van der Waals surface area contributed by atoms with E-state index in [-0.39, 0.29) is 5.91 Å². The Labute approximate surface area is 97.9 Å². The third kappa shape index (κ3) is 2.36. The van der Waals surface area contributed by atoms with E-state index in [1.807, 2.05) is 6.07 Å². The minimum atomic E-state index is -0.397. The predicted octanol–water partition coefficient (Wildman–Crippen LogP) is 2.31. The predicted molar refractivity (Wildman–Crippen MR) is 59.6 cm³/mol. The first-order valence-corrected chi connectivity index (χ1v) is 5.56. The van der Waals surface area contributed by atoms with Gasteiger partial charge in [-0.3, -0.25) is 4.79 Å². The Kier molecular flexibility index (Phi) is 3.46. The van der Waals surface area contributed by atoms with Crippen molar-refractivity contribution in [1.82, 2.24) is 10.3 Å². The fourth-order valence-electron chi connectivity index (χ4n) is 1.44. The van der Waals surface area contributed by atoms with Crippen LogP contribution < -0.4 is 5.32 Å².